The van der Waals surface area contributed by atoms with Gasteiger partial charge < -0.3 is 20.7 Å². The van der Waals surface area contributed by atoms with E-state index in [-0.39, 0.29) is 17.2 Å². The summed E-state index contributed by atoms with van der Waals surface area (Å²) in [5.74, 6) is 0.717. The maximum absolute atomic E-state index is 12.1. The first-order valence-electron chi connectivity index (χ1n) is 8.36. The Bertz CT molecular complexity index is 402. The second-order valence-electron chi connectivity index (χ2n) is 7.92. The molecule has 136 valence electrons. The van der Waals surface area contributed by atoms with Gasteiger partial charge in [-0.05, 0) is 54.4 Å². The molecule has 0 radical (unpaired) electrons. The van der Waals surface area contributed by atoms with Crippen molar-refractivity contribution in [1.82, 2.24) is 16.0 Å². The number of hydrogen-bond acceptors (Lipinski definition) is 3. The smallest absolute Gasteiger partial charge is 0.408 e. The summed E-state index contributed by atoms with van der Waals surface area (Å²) in [6.07, 6.45) is 1.20. The number of alkyl carbamates (subject to hydrolysis) is 1. The number of carbonyl (C=O) groups is 1. The SMILES string of the molecule is CCC(CC)(CNC(=NC)NC(C)(C)C)NC(=O)OC(C)(C)C. The number of guanidine groups is 1. The van der Waals surface area contributed by atoms with E-state index in [9.17, 15) is 4.79 Å². The van der Waals surface area contributed by atoms with Crippen LogP contribution in [0.4, 0.5) is 4.79 Å². The maximum atomic E-state index is 12.1. The molecule has 0 aromatic heterocycles. The molecule has 3 N–H and O–H groups in total. The van der Waals surface area contributed by atoms with Crippen LogP contribution in [0.2, 0.25) is 0 Å². The highest BCUT2D eigenvalue weighted by Crippen LogP contribution is 2.16. The Balaban J connectivity index is 4.86. The lowest BCUT2D eigenvalue weighted by Crippen LogP contribution is -2.58. The molecule has 0 rings (SSSR count). The lowest BCUT2D eigenvalue weighted by atomic mass is 9.93. The molecule has 0 bridgehead atoms. The topological polar surface area (TPSA) is 74.8 Å². The van der Waals surface area contributed by atoms with Crippen LogP contribution in [0.1, 0.15) is 68.2 Å². The first kappa shape index (κ1) is 21.5. The molecule has 0 aliphatic rings. The Morgan fingerprint density at radius 3 is 1.87 bits per heavy atom. The van der Waals surface area contributed by atoms with Gasteiger partial charge in [-0.25, -0.2) is 4.79 Å². The highest BCUT2D eigenvalue weighted by atomic mass is 16.6. The molecular formula is C17H36N4O2. The molecule has 0 heterocycles. The zero-order chi connectivity index (χ0) is 18.3. The lowest BCUT2D eigenvalue weighted by Gasteiger charge is -2.35. The molecule has 0 spiro atoms. The third-order valence-corrected chi connectivity index (χ3v) is 3.43. The molecule has 6 heteroatoms. The number of aliphatic imine (C=N–C) groups is 1. The third kappa shape index (κ3) is 9.31. The van der Waals surface area contributed by atoms with E-state index in [4.69, 9.17) is 4.74 Å². The Morgan fingerprint density at radius 1 is 1.00 bits per heavy atom. The fourth-order valence-electron chi connectivity index (χ4n) is 2.03. The van der Waals surface area contributed by atoms with Gasteiger partial charge in [0, 0.05) is 19.1 Å². The average molecular weight is 329 g/mol. The van der Waals surface area contributed by atoms with E-state index in [1.165, 1.54) is 0 Å². The van der Waals surface area contributed by atoms with Crippen LogP contribution in [-0.4, -0.2) is 42.3 Å². The van der Waals surface area contributed by atoms with Crippen LogP contribution >= 0.6 is 0 Å². The first-order valence-corrected chi connectivity index (χ1v) is 8.36. The van der Waals surface area contributed by atoms with E-state index in [2.05, 4.69) is 55.6 Å². The van der Waals surface area contributed by atoms with Gasteiger partial charge in [-0.3, -0.25) is 4.99 Å². The Morgan fingerprint density at radius 2 is 1.52 bits per heavy atom. The Labute approximate surface area is 141 Å². The van der Waals surface area contributed by atoms with Crippen molar-refractivity contribution < 1.29 is 9.53 Å². The molecule has 23 heavy (non-hydrogen) atoms. The summed E-state index contributed by atoms with van der Waals surface area (Å²) < 4.78 is 5.39. The van der Waals surface area contributed by atoms with Gasteiger partial charge in [-0.15, -0.1) is 0 Å². The summed E-state index contributed by atoms with van der Waals surface area (Å²) in [6.45, 7) is 16.5. The first-order chi connectivity index (χ1) is 10.4. The molecule has 1 amide bonds. The highest BCUT2D eigenvalue weighted by molar-refractivity contribution is 5.80. The van der Waals surface area contributed by atoms with Gasteiger partial charge in [0.25, 0.3) is 0 Å². The van der Waals surface area contributed by atoms with Crippen molar-refractivity contribution in [1.29, 1.82) is 0 Å². The van der Waals surface area contributed by atoms with Crippen LogP contribution < -0.4 is 16.0 Å². The highest BCUT2D eigenvalue weighted by Gasteiger charge is 2.31. The molecule has 0 saturated heterocycles. The van der Waals surface area contributed by atoms with E-state index in [0.29, 0.717) is 6.54 Å². The molecule has 6 nitrogen and oxygen atoms in total. The van der Waals surface area contributed by atoms with Crippen LogP contribution in [0, 0.1) is 0 Å². The fraction of sp³-hybridized carbons (Fsp3) is 0.882. The number of carbonyl (C=O) groups excluding carboxylic acids is 1. The van der Waals surface area contributed by atoms with E-state index in [1.54, 1.807) is 7.05 Å². The predicted molar refractivity (Wildman–Crippen MR) is 96.9 cm³/mol. The third-order valence-electron chi connectivity index (χ3n) is 3.43. The molecular weight excluding hydrogens is 292 g/mol. The summed E-state index contributed by atoms with van der Waals surface area (Å²) in [6, 6.07) is 0. The quantitative estimate of drug-likeness (QED) is 0.536. The largest absolute Gasteiger partial charge is 0.444 e. The summed E-state index contributed by atoms with van der Waals surface area (Å²) in [4.78, 5) is 16.4. The summed E-state index contributed by atoms with van der Waals surface area (Å²) in [5, 5.41) is 9.64. The Kier molecular flexibility index (Phi) is 7.87. The van der Waals surface area contributed by atoms with Gasteiger partial charge in [-0.1, -0.05) is 13.8 Å². The second kappa shape index (κ2) is 8.41. The summed E-state index contributed by atoms with van der Waals surface area (Å²) in [5.41, 5.74) is -0.964. The van der Waals surface area contributed by atoms with Gasteiger partial charge in [0.2, 0.25) is 0 Å². The summed E-state index contributed by atoms with van der Waals surface area (Å²) in [7, 11) is 1.74. The second-order valence-corrected chi connectivity index (χ2v) is 7.92. The number of ether oxygens (including phenoxy) is 1. The van der Waals surface area contributed by atoms with Crippen molar-refractivity contribution in [3.8, 4) is 0 Å². The number of amides is 1. The van der Waals surface area contributed by atoms with Crippen LogP contribution in [0.25, 0.3) is 0 Å². The van der Waals surface area contributed by atoms with E-state index in [1.807, 2.05) is 20.8 Å². The van der Waals surface area contributed by atoms with E-state index in [0.717, 1.165) is 18.8 Å². The molecule has 0 aromatic rings. The minimum Gasteiger partial charge on any atom is -0.444 e. The van der Waals surface area contributed by atoms with Crippen molar-refractivity contribution in [2.75, 3.05) is 13.6 Å². The molecule has 0 aliphatic carbocycles. The number of nitrogens with one attached hydrogen (secondary N) is 3. The van der Waals surface area contributed by atoms with E-state index >= 15 is 0 Å². The Hall–Kier alpha value is -1.46. The van der Waals surface area contributed by atoms with Crippen molar-refractivity contribution >= 4 is 12.1 Å². The van der Waals surface area contributed by atoms with Crippen LogP contribution in [0.3, 0.4) is 0 Å². The van der Waals surface area contributed by atoms with Crippen LogP contribution in [0.5, 0.6) is 0 Å². The van der Waals surface area contributed by atoms with Crippen LogP contribution in [-0.2, 0) is 4.74 Å². The zero-order valence-corrected chi connectivity index (χ0v) is 16.4. The van der Waals surface area contributed by atoms with Gasteiger partial charge in [0.1, 0.15) is 5.60 Å². The number of nitrogens with zero attached hydrogens (tertiary/aromatic N) is 1. The molecule has 0 unspecified atom stereocenters. The molecule has 0 fully saturated rings. The van der Waals surface area contributed by atoms with Crippen molar-refractivity contribution in [3.05, 3.63) is 0 Å². The van der Waals surface area contributed by atoms with Crippen molar-refractivity contribution in [2.45, 2.75) is 84.9 Å². The monoisotopic (exact) mass is 328 g/mol. The van der Waals surface area contributed by atoms with Gasteiger partial charge in [0.05, 0.1) is 5.54 Å². The van der Waals surface area contributed by atoms with Gasteiger partial charge in [0.15, 0.2) is 5.96 Å². The minimum absolute atomic E-state index is 0.0818. The lowest BCUT2D eigenvalue weighted by molar-refractivity contribution is 0.0448. The normalized spacial score (nSPS) is 13.5. The summed E-state index contributed by atoms with van der Waals surface area (Å²) >= 11 is 0. The molecule has 0 saturated carbocycles. The zero-order valence-electron chi connectivity index (χ0n) is 16.4. The van der Waals surface area contributed by atoms with E-state index < -0.39 is 5.60 Å². The molecule has 0 aromatic carbocycles. The fourth-order valence-corrected chi connectivity index (χ4v) is 2.03. The van der Waals surface area contributed by atoms with Gasteiger partial charge >= 0.3 is 6.09 Å². The standard InChI is InChI=1S/C17H36N4O2/c1-10-17(11-2,21-14(22)23-16(6,7)8)12-19-13(18-9)20-15(3,4)5/h10-12H2,1-9H3,(H,21,22)(H2,18,19,20). The van der Waals surface area contributed by atoms with Crippen molar-refractivity contribution in [2.24, 2.45) is 4.99 Å². The molecule has 0 atom stereocenters. The minimum atomic E-state index is -0.505. The molecule has 0 aliphatic heterocycles. The average Bonchev–Trinajstić information content (AvgIpc) is 2.38. The van der Waals surface area contributed by atoms with Crippen molar-refractivity contribution in [3.63, 3.8) is 0 Å². The number of rotatable bonds is 5. The predicted octanol–water partition coefficient (Wildman–Crippen LogP) is 3.03. The number of hydrogen-bond donors (Lipinski definition) is 3. The van der Waals surface area contributed by atoms with Crippen LogP contribution in [0.15, 0.2) is 4.99 Å². The maximum Gasteiger partial charge on any atom is 0.408 e. The van der Waals surface area contributed by atoms with Gasteiger partial charge in [-0.2, -0.15) is 0 Å².